The summed E-state index contributed by atoms with van der Waals surface area (Å²) in [5.74, 6) is 1.33. The third-order valence-corrected chi connectivity index (χ3v) is 6.53. The Labute approximate surface area is 200 Å². The van der Waals surface area contributed by atoms with Crippen LogP contribution in [0.15, 0.2) is 35.7 Å². The van der Waals surface area contributed by atoms with Crippen molar-refractivity contribution in [2.24, 2.45) is 0 Å². The average Bonchev–Trinajstić information content (AvgIpc) is 3.23. The molecule has 1 atom stereocenters. The number of amides is 3. The van der Waals surface area contributed by atoms with Crippen LogP contribution in [0.2, 0.25) is 0 Å². The van der Waals surface area contributed by atoms with Gasteiger partial charge < -0.3 is 24.6 Å². The monoisotopic (exact) mass is 473 g/mol. The number of benzene rings is 1. The van der Waals surface area contributed by atoms with Gasteiger partial charge in [0.25, 0.3) is 0 Å². The molecule has 0 radical (unpaired) electrons. The quantitative estimate of drug-likeness (QED) is 0.644. The largest absolute Gasteiger partial charge is 0.497 e. The molecule has 2 aromatic rings. The molecule has 3 rings (SSSR count). The van der Waals surface area contributed by atoms with Crippen LogP contribution in [0, 0.1) is 0 Å². The Morgan fingerprint density at radius 2 is 1.97 bits per heavy atom. The average molecular weight is 474 g/mol. The number of nitrogens with zero attached hydrogens (tertiary/aromatic N) is 2. The van der Waals surface area contributed by atoms with Crippen LogP contribution in [0.3, 0.4) is 0 Å². The molecule has 0 aliphatic carbocycles. The second-order valence-electron chi connectivity index (χ2n) is 9.54. The van der Waals surface area contributed by atoms with Gasteiger partial charge in [0, 0.05) is 29.1 Å². The van der Waals surface area contributed by atoms with Gasteiger partial charge in [-0.15, -0.1) is 11.3 Å². The molecule has 0 bridgehead atoms. The van der Waals surface area contributed by atoms with Crippen molar-refractivity contribution < 1.29 is 19.1 Å². The van der Waals surface area contributed by atoms with Gasteiger partial charge in [-0.2, -0.15) is 0 Å². The summed E-state index contributed by atoms with van der Waals surface area (Å²) in [6, 6.07) is 8.98. The third kappa shape index (κ3) is 6.41. The lowest BCUT2D eigenvalue weighted by Gasteiger charge is -2.38. The Morgan fingerprint density at radius 3 is 2.64 bits per heavy atom. The van der Waals surface area contributed by atoms with Gasteiger partial charge >= 0.3 is 6.03 Å². The highest BCUT2D eigenvalue weighted by Gasteiger charge is 2.34. The van der Waals surface area contributed by atoms with Crippen LogP contribution in [0.5, 0.6) is 11.5 Å². The minimum atomic E-state index is -0.378. The van der Waals surface area contributed by atoms with E-state index in [0.717, 1.165) is 17.7 Å². The van der Waals surface area contributed by atoms with Crippen molar-refractivity contribution in [3.63, 3.8) is 0 Å². The van der Waals surface area contributed by atoms with Gasteiger partial charge in [-0.25, -0.2) is 4.79 Å². The van der Waals surface area contributed by atoms with Crippen molar-refractivity contribution >= 4 is 23.3 Å². The van der Waals surface area contributed by atoms with Gasteiger partial charge in [0.1, 0.15) is 24.7 Å². The van der Waals surface area contributed by atoms with Gasteiger partial charge in [-0.1, -0.05) is 6.07 Å². The van der Waals surface area contributed by atoms with E-state index in [-0.39, 0.29) is 36.1 Å². The van der Waals surface area contributed by atoms with E-state index in [4.69, 9.17) is 9.47 Å². The van der Waals surface area contributed by atoms with Crippen molar-refractivity contribution in [1.29, 1.82) is 0 Å². The molecule has 180 valence electrons. The summed E-state index contributed by atoms with van der Waals surface area (Å²) in [6.07, 6.45) is 0.810. The van der Waals surface area contributed by atoms with Crippen LogP contribution in [0.25, 0.3) is 0 Å². The molecule has 0 fully saturated rings. The van der Waals surface area contributed by atoms with Crippen LogP contribution < -0.4 is 14.8 Å². The highest BCUT2D eigenvalue weighted by atomic mass is 32.1. The number of methoxy groups -OCH3 is 1. The van der Waals surface area contributed by atoms with Crippen molar-refractivity contribution in [2.75, 3.05) is 26.8 Å². The van der Waals surface area contributed by atoms with Gasteiger partial charge in [-0.3, -0.25) is 4.79 Å². The van der Waals surface area contributed by atoms with Crippen molar-refractivity contribution in [1.82, 2.24) is 15.1 Å². The van der Waals surface area contributed by atoms with Crippen molar-refractivity contribution in [2.45, 2.75) is 58.7 Å². The van der Waals surface area contributed by atoms with Gasteiger partial charge in [0.2, 0.25) is 5.91 Å². The number of urea groups is 1. The predicted octanol–water partition coefficient (Wildman–Crippen LogP) is 4.48. The van der Waals surface area contributed by atoms with E-state index in [0.29, 0.717) is 18.9 Å². The van der Waals surface area contributed by atoms with Crippen LogP contribution in [0.4, 0.5) is 4.79 Å². The first-order valence-corrected chi connectivity index (χ1v) is 12.2. The lowest BCUT2D eigenvalue weighted by atomic mass is 10.0. The molecule has 1 N–H and O–H groups in total. The summed E-state index contributed by atoms with van der Waals surface area (Å²) in [7, 11) is 1.62. The number of thiophene rings is 1. The number of fused-ring (bicyclic) bond motifs is 1. The van der Waals surface area contributed by atoms with Gasteiger partial charge in [0.05, 0.1) is 13.2 Å². The minimum absolute atomic E-state index is 0.0225. The third-order valence-electron chi connectivity index (χ3n) is 5.54. The number of rotatable bonds is 7. The minimum Gasteiger partial charge on any atom is -0.497 e. The molecule has 0 unspecified atom stereocenters. The first-order chi connectivity index (χ1) is 15.6. The molecule has 0 saturated carbocycles. The fourth-order valence-corrected chi connectivity index (χ4v) is 4.79. The van der Waals surface area contributed by atoms with Crippen LogP contribution in [-0.2, 0) is 11.2 Å². The predicted molar refractivity (Wildman–Crippen MR) is 131 cm³/mol. The number of carbonyl (C=O) groups is 2. The fourth-order valence-electron chi connectivity index (χ4n) is 3.86. The maximum Gasteiger partial charge on any atom is 0.318 e. The molecule has 0 saturated heterocycles. The Hall–Kier alpha value is -2.74. The van der Waals surface area contributed by atoms with Crippen LogP contribution >= 0.6 is 11.3 Å². The molecule has 1 aliphatic heterocycles. The molecule has 8 heteroatoms. The molecule has 1 aliphatic rings. The zero-order valence-electron chi connectivity index (χ0n) is 20.4. The number of carbonyl (C=O) groups excluding carboxylic acids is 2. The highest BCUT2D eigenvalue weighted by molar-refractivity contribution is 7.10. The number of hydrogen-bond acceptors (Lipinski definition) is 5. The first kappa shape index (κ1) is 24.9. The van der Waals surface area contributed by atoms with Gasteiger partial charge in [-0.05, 0) is 70.2 Å². The Morgan fingerprint density at radius 1 is 1.24 bits per heavy atom. The van der Waals surface area contributed by atoms with E-state index in [1.54, 1.807) is 23.3 Å². The number of hydrogen-bond donors (Lipinski definition) is 1. The van der Waals surface area contributed by atoms with E-state index in [2.05, 4.69) is 16.8 Å². The summed E-state index contributed by atoms with van der Waals surface area (Å²) < 4.78 is 11.4. The first-order valence-electron chi connectivity index (χ1n) is 11.3. The Bertz CT molecular complexity index is 967. The SMILES string of the molecule is COc1cccc(OC[C@@H]2c3ccsc3CCN2C(=O)CN(C(=O)NC(C)(C)C)C(C)C)c1. The van der Waals surface area contributed by atoms with Crippen molar-refractivity contribution in [3.8, 4) is 11.5 Å². The van der Waals surface area contributed by atoms with E-state index in [1.165, 1.54) is 4.88 Å². The zero-order valence-corrected chi connectivity index (χ0v) is 21.2. The molecule has 3 amide bonds. The summed E-state index contributed by atoms with van der Waals surface area (Å²) in [5.41, 5.74) is 0.745. The lowest BCUT2D eigenvalue weighted by molar-refractivity contribution is -0.135. The molecule has 1 aromatic heterocycles. The summed E-state index contributed by atoms with van der Waals surface area (Å²) in [6.45, 7) is 10.6. The van der Waals surface area contributed by atoms with Gasteiger partial charge in [0.15, 0.2) is 0 Å². The fraction of sp³-hybridized carbons (Fsp3) is 0.520. The summed E-state index contributed by atoms with van der Waals surface area (Å²) in [5, 5.41) is 5.03. The molecular formula is C25H35N3O4S. The maximum absolute atomic E-state index is 13.5. The lowest BCUT2D eigenvalue weighted by Crippen LogP contribution is -2.54. The van der Waals surface area contributed by atoms with Crippen LogP contribution in [0.1, 0.15) is 51.1 Å². The van der Waals surface area contributed by atoms with Crippen LogP contribution in [-0.4, -0.2) is 60.1 Å². The Balaban J connectivity index is 1.77. The zero-order chi connectivity index (χ0) is 24.2. The second kappa shape index (κ2) is 10.5. The van der Waals surface area contributed by atoms with E-state index in [9.17, 15) is 9.59 Å². The topological polar surface area (TPSA) is 71.1 Å². The molecule has 7 nitrogen and oxygen atoms in total. The molecular weight excluding hydrogens is 438 g/mol. The van der Waals surface area contributed by atoms with Crippen molar-refractivity contribution in [3.05, 3.63) is 46.2 Å². The Kier molecular flexibility index (Phi) is 7.89. The second-order valence-corrected chi connectivity index (χ2v) is 10.5. The summed E-state index contributed by atoms with van der Waals surface area (Å²) in [4.78, 5) is 31.0. The highest BCUT2D eigenvalue weighted by Crippen LogP contribution is 2.34. The molecule has 1 aromatic carbocycles. The van der Waals surface area contributed by atoms with E-state index >= 15 is 0 Å². The summed E-state index contributed by atoms with van der Waals surface area (Å²) >= 11 is 1.71. The number of nitrogens with one attached hydrogen (secondary N) is 1. The number of ether oxygens (including phenoxy) is 2. The maximum atomic E-state index is 13.5. The molecule has 2 heterocycles. The van der Waals surface area contributed by atoms with E-state index in [1.807, 2.05) is 63.8 Å². The molecule has 33 heavy (non-hydrogen) atoms. The normalized spacial score (nSPS) is 15.7. The smallest absolute Gasteiger partial charge is 0.318 e. The standard InChI is InChI=1S/C25H35N3O4S/c1-17(2)28(24(30)26-25(3,4)5)15-23(29)27-12-10-22-20(11-13-33-22)21(27)16-32-19-9-7-8-18(14-19)31-6/h7-9,11,13-14,17,21H,10,12,15-16H2,1-6H3,(H,26,30)/t21-/m1/s1. The van der Waals surface area contributed by atoms with E-state index < -0.39 is 0 Å². The molecule has 0 spiro atoms.